The Bertz CT molecular complexity index is 914. The predicted octanol–water partition coefficient (Wildman–Crippen LogP) is 5.27. The Kier molecular flexibility index (Phi) is 7.88. The van der Waals surface area contributed by atoms with E-state index in [1.807, 2.05) is 60.3 Å². The molecule has 0 radical (unpaired) electrons. The molecule has 1 aliphatic heterocycles. The molecular formula is C26H34N2O3S. The topological polar surface area (TPSA) is 58.6 Å². The van der Waals surface area contributed by atoms with Crippen LogP contribution in [-0.4, -0.2) is 42.4 Å². The average Bonchev–Trinajstić information content (AvgIpc) is 2.79. The first-order chi connectivity index (χ1) is 15.2. The van der Waals surface area contributed by atoms with E-state index >= 15 is 0 Å². The van der Waals surface area contributed by atoms with Crippen LogP contribution in [0.4, 0.5) is 5.69 Å². The van der Waals surface area contributed by atoms with E-state index in [-0.39, 0.29) is 23.1 Å². The Morgan fingerprint density at radius 3 is 2.16 bits per heavy atom. The summed E-state index contributed by atoms with van der Waals surface area (Å²) in [5, 5.41) is 3.02. The van der Waals surface area contributed by atoms with Crippen molar-refractivity contribution in [1.29, 1.82) is 0 Å². The van der Waals surface area contributed by atoms with Crippen LogP contribution in [0.25, 0.3) is 0 Å². The number of methoxy groups -OCH3 is 1. The summed E-state index contributed by atoms with van der Waals surface area (Å²) in [5.74, 6) is 2.47. The van der Waals surface area contributed by atoms with Crippen LogP contribution in [0.15, 0.2) is 48.5 Å². The maximum Gasteiger partial charge on any atom is 0.251 e. The average molecular weight is 455 g/mol. The third-order valence-electron chi connectivity index (χ3n) is 6.00. The molecule has 0 aromatic heterocycles. The highest BCUT2D eigenvalue weighted by atomic mass is 32.2. The molecule has 172 valence electrons. The normalized spacial score (nSPS) is 15.7. The van der Waals surface area contributed by atoms with Crippen LogP contribution in [0.3, 0.4) is 0 Å². The summed E-state index contributed by atoms with van der Waals surface area (Å²) in [7, 11) is 3.35. The highest BCUT2D eigenvalue weighted by Crippen LogP contribution is 2.30. The van der Waals surface area contributed by atoms with E-state index in [1.165, 1.54) is 5.56 Å². The van der Waals surface area contributed by atoms with Gasteiger partial charge in [-0.05, 0) is 65.2 Å². The van der Waals surface area contributed by atoms with E-state index < -0.39 is 6.04 Å². The zero-order chi connectivity index (χ0) is 23.3. The fourth-order valence-electron chi connectivity index (χ4n) is 3.96. The molecule has 1 N–H and O–H groups in total. The molecule has 3 rings (SSSR count). The van der Waals surface area contributed by atoms with E-state index in [0.29, 0.717) is 5.75 Å². The first-order valence-corrected chi connectivity index (χ1v) is 12.3. The number of hydrogen-bond acceptors (Lipinski definition) is 4. The molecule has 1 fully saturated rings. The van der Waals surface area contributed by atoms with Gasteiger partial charge in [-0.25, -0.2) is 0 Å². The Hall–Kier alpha value is -2.47. The lowest BCUT2D eigenvalue weighted by molar-refractivity contribution is -0.141. The lowest BCUT2D eigenvalue weighted by Gasteiger charge is -2.32. The van der Waals surface area contributed by atoms with Gasteiger partial charge < -0.3 is 15.0 Å². The second kappa shape index (κ2) is 10.4. The molecule has 5 nitrogen and oxygen atoms in total. The molecule has 0 aliphatic carbocycles. The van der Waals surface area contributed by atoms with E-state index in [4.69, 9.17) is 4.74 Å². The number of thioether (sulfide) groups is 1. The van der Waals surface area contributed by atoms with Crippen LogP contribution in [0.1, 0.15) is 50.8 Å². The number of rotatable bonds is 6. The second-order valence-corrected chi connectivity index (χ2v) is 10.6. The SMILES string of the molecule is COc1ccc(C(C(=O)Nc2ccc(C(C)(C)C)cc2)N(C)C(=O)C2CCSCC2)cc1. The molecular weight excluding hydrogens is 420 g/mol. The van der Waals surface area contributed by atoms with Crippen LogP contribution in [-0.2, 0) is 15.0 Å². The van der Waals surface area contributed by atoms with Crippen molar-refractivity contribution in [3.05, 3.63) is 59.7 Å². The summed E-state index contributed by atoms with van der Waals surface area (Å²) in [6.45, 7) is 6.47. The van der Waals surface area contributed by atoms with Crippen LogP contribution in [0, 0.1) is 5.92 Å². The molecule has 1 saturated heterocycles. The molecule has 32 heavy (non-hydrogen) atoms. The number of amides is 2. The van der Waals surface area contributed by atoms with E-state index in [2.05, 4.69) is 26.1 Å². The summed E-state index contributed by atoms with van der Waals surface area (Å²) < 4.78 is 5.26. The number of nitrogens with one attached hydrogen (secondary N) is 1. The van der Waals surface area contributed by atoms with Gasteiger partial charge >= 0.3 is 0 Å². The first-order valence-electron chi connectivity index (χ1n) is 11.1. The smallest absolute Gasteiger partial charge is 0.251 e. The number of hydrogen-bond donors (Lipinski definition) is 1. The molecule has 2 aromatic carbocycles. The number of carbonyl (C=O) groups excluding carboxylic acids is 2. The van der Waals surface area contributed by atoms with Crippen LogP contribution >= 0.6 is 11.8 Å². The minimum Gasteiger partial charge on any atom is -0.497 e. The monoisotopic (exact) mass is 454 g/mol. The summed E-state index contributed by atoms with van der Waals surface area (Å²) in [6.07, 6.45) is 1.72. The largest absolute Gasteiger partial charge is 0.497 e. The van der Waals surface area contributed by atoms with Crippen molar-refractivity contribution < 1.29 is 14.3 Å². The third-order valence-corrected chi connectivity index (χ3v) is 7.05. The van der Waals surface area contributed by atoms with Crippen LogP contribution < -0.4 is 10.1 Å². The van der Waals surface area contributed by atoms with Gasteiger partial charge in [0.2, 0.25) is 5.91 Å². The second-order valence-electron chi connectivity index (χ2n) is 9.33. The van der Waals surface area contributed by atoms with Crippen molar-refractivity contribution in [3.8, 4) is 5.75 Å². The number of likely N-dealkylation sites (N-methyl/N-ethyl adjacent to an activating group) is 1. The molecule has 2 amide bonds. The quantitative estimate of drug-likeness (QED) is 0.646. The molecule has 1 aliphatic rings. The van der Waals surface area contributed by atoms with Gasteiger partial charge in [0.25, 0.3) is 5.91 Å². The van der Waals surface area contributed by atoms with Gasteiger partial charge in [-0.2, -0.15) is 11.8 Å². The lowest BCUT2D eigenvalue weighted by Crippen LogP contribution is -2.42. The molecule has 1 unspecified atom stereocenters. The molecule has 0 spiro atoms. The van der Waals surface area contributed by atoms with Crippen LogP contribution in [0.5, 0.6) is 5.75 Å². The van der Waals surface area contributed by atoms with Gasteiger partial charge in [0.1, 0.15) is 11.8 Å². The Morgan fingerprint density at radius 2 is 1.62 bits per heavy atom. The minimum atomic E-state index is -0.717. The molecule has 1 heterocycles. The highest BCUT2D eigenvalue weighted by Gasteiger charge is 2.33. The standard InChI is InChI=1S/C26H34N2O3S/c1-26(2,3)20-8-10-21(11-9-20)27-24(29)23(18-6-12-22(31-5)13-7-18)28(4)25(30)19-14-16-32-17-15-19/h6-13,19,23H,14-17H2,1-5H3,(H,27,29). The maximum atomic E-state index is 13.4. The van der Waals surface area contributed by atoms with Gasteiger partial charge in [-0.1, -0.05) is 45.0 Å². The predicted molar refractivity (Wildman–Crippen MR) is 132 cm³/mol. The van der Waals surface area contributed by atoms with Crippen molar-refractivity contribution >= 4 is 29.3 Å². The number of ether oxygens (including phenoxy) is 1. The van der Waals surface area contributed by atoms with Crippen molar-refractivity contribution in [2.45, 2.75) is 45.1 Å². The van der Waals surface area contributed by atoms with Crippen LogP contribution in [0.2, 0.25) is 0 Å². The summed E-state index contributed by atoms with van der Waals surface area (Å²) in [4.78, 5) is 28.3. The molecule has 0 saturated carbocycles. The summed E-state index contributed by atoms with van der Waals surface area (Å²) in [5.41, 5.74) is 2.72. The fraction of sp³-hybridized carbons (Fsp3) is 0.462. The van der Waals surface area contributed by atoms with Gasteiger partial charge in [0, 0.05) is 18.7 Å². The van der Waals surface area contributed by atoms with Gasteiger partial charge in [-0.3, -0.25) is 9.59 Å². The number of anilines is 1. The zero-order valence-electron chi connectivity index (χ0n) is 19.7. The number of carbonyl (C=O) groups is 2. The fourth-order valence-corrected chi connectivity index (χ4v) is 5.07. The molecule has 2 aromatic rings. The maximum absolute atomic E-state index is 13.4. The molecule has 0 bridgehead atoms. The molecule has 1 atom stereocenters. The number of benzene rings is 2. The van der Waals surface area contributed by atoms with Crippen molar-refractivity contribution in [2.75, 3.05) is 31.0 Å². The third kappa shape index (κ3) is 5.85. The number of nitrogens with zero attached hydrogens (tertiary/aromatic N) is 1. The van der Waals surface area contributed by atoms with Crippen molar-refractivity contribution in [3.63, 3.8) is 0 Å². The Balaban J connectivity index is 1.85. The Labute approximate surface area is 195 Å². The van der Waals surface area contributed by atoms with Gasteiger partial charge in [0.15, 0.2) is 0 Å². The van der Waals surface area contributed by atoms with Crippen molar-refractivity contribution in [2.24, 2.45) is 5.92 Å². The summed E-state index contributed by atoms with van der Waals surface area (Å²) in [6, 6.07) is 14.5. The van der Waals surface area contributed by atoms with Gasteiger partial charge in [-0.15, -0.1) is 0 Å². The minimum absolute atomic E-state index is 0.0270. The zero-order valence-corrected chi connectivity index (χ0v) is 20.5. The summed E-state index contributed by atoms with van der Waals surface area (Å²) >= 11 is 1.88. The Morgan fingerprint density at radius 1 is 1.03 bits per heavy atom. The van der Waals surface area contributed by atoms with E-state index in [1.54, 1.807) is 19.1 Å². The first kappa shape index (κ1) is 24.2. The lowest BCUT2D eigenvalue weighted by atomic mass is 9.87. The van der Waals surface area contributed by atoms with Gasteiger partial charge in [0.05, 0.1) is 7.11 Å². The van der Waals surface area contributed by atoms with E-state index in [0.717, 1.165) is 35.6 Å². The highest BCUT2D eigenvalue weighted by molar-refractivity contribution is 7.99. The molecule has 6 heteroatoms. The van der Waals surface area contributed by atoms with Crippen molar-refractivity contribution in [1.82, 2.24) is 4.90 Å². The van der Waals surface area contributed by atoms with E-state index in [9.17, 15) is 9.59 Å².